The zero-order valence-electron chi connectivity index (χ0n) is 9.46. The normalized spacial score (nSPS) is 13.3. The third-order valence-electron chi connectivity index (χ3n) is 1.51. The van der Waals surface area contributed by atoms with Gasteiger partial charge in [0.15, 0.2) is 0 Å². The molecule has 0 aliphatic rings. The molecule has 0 heterocycles. The minimum atomic E-state index is -3.73. The number of hydrogen-bond acceptors (Lipinski definition) is 3. The van der Waals surface area contributed by atoms with Gasteiger partial charge in [-0.05, 0) is 0 Å². The fraction of sp³-hybridized carbons (Fsp3) is 1.00. The van der Waals surface area contributed by atoms with Crippen molar-refractivity contribution in [2.24, 2.45) is 0 Å². The fourth-order valence-electron chi connectivity index (χ4n) is 0.957. The van der Waals surface area contributed by atoms with Crippen molar-refractivity contribution in [2.45, 2.75) is 58.0 Å². The topological polar surface area (TPSA) is 35.5 Å². The molecule has 13 heavy (non-hydrogen) atoms. The van der Waals surface area contributed by atoms with Crippen LogP contribution in [0, 0.1) is 0 Å². The van der Waals surface area contributed by atoms with E-state index >= 15 is 0 Å². The summed E-state index contributed by atoms with van der Waals surface area (Å²) in [7, 11) is 0. The van der Waals surface area contributed by atoms with Crippen LogP contribution in [-0.2, 0) is 27.3 Å². The van der Waals surface area contributed by atoms with Crippen LogP contribution in [0.2, 0.25) is 4.22 Å². The van der Waals surface area contributed by atoms with Gasteiger partial charge in [0, 0.05) is 0 Å². The van der Waals surface area contributed by atoms with Crippen LogP contribution in [0.15, 0.2) is 0 Å². The van der Waals surface area contributed by atoms with E-state index in [1.54, 1.807) is 0 Å². The van der Waals surface area contributed by atoms with Gasteiger partial charge in [-0.1, -0.05) is 0 Å². The molecule has 0 saturated carbocycles. The van der Waals surface area contributed by atoms with Gasteiger partial charge >= 0.3 is 85.3 Å². The van der Waals surface area contributed by atoms with Crippen LogP contribution in [0.4, 0.5) is 0 Å². The Kier molecular flexibility index (Phi) is 5.53. The van der Waals surface area contributed by atoms with E-state index < -0.39 is 17.3 Å². The third-order valence-corrected chi connectivity index (χ3v) is 6.21. The molecular weight excluding hydrogens is 204 g/mol. The maximum atomic E-state index is 12.2. The van der Waals surface area contributed by atoms with Crippen LogP contribution >= 0.6 is 0 Å². The third kappa shape index (κ3) is 5.01. The fourth-order valence-corrected chi connectivity index (χ4v) is 3.95. The number of rotatable bonds is 5. The van der Waals surface area contributed by atoms with Crippen molar-refractivity contribution in [1.82, 2.24) is 0 Å². The van der Waals surface area contributed by atoms with E-state index in [0.717, 1.165) is 0 Å². The van der Waals surface area contributed by atoms with E-state index in [0.29, 0.717) is 0 Å². The standard InChI is InChI=1S/2C3H7O.C3H7.O.Ti/c2*1-3(2)4;1-3-2;;/h2*3H,1-2H3;3H,1-2H3;;/q2*-1;;;+2. The summed E-state index contributed by atoms with van der Waals surface area (Å²) in [5.41, 5.74) is 0. The first kappa shape index (κ1) is 13.4. The Morgan fingerprint density at radius 2 is 1.15 bits per heavy atom. The Morgan fingerprint density at radius 3 is 1.31 bits per heavy atom. The molecule has 0 bridgehead atoms. The van der Waals surface area contributed by atoms with Crippen molar-refractivity contribution in [3.63, 3.8) is 0 Å². The summed E-state index contributed by atoms with van der Waals surface area (Å²) in [6.07, 6.45) is -0.0581. The summed E-state index contributed by atoms with van der Waals surface area (Å²) in [6, 6.07) is 0. The van der Waals surface area contributed by atoms with Gasteiger partial charge in [-0.3, -0.25) is 0 Å². The average Bonchev–Trinajstić information content (AvgIpc) is 1.82. The Balaban J connectivity index is 4.45. The molecule has 0 radical (unpaired) electrons. The van der Waals surface area contributed by atoms with Gasteiger partial charge in [0.05, 0.1) is 0 Å². The summed E-state index contributed by atoms with van der Waals surface area (Å²) in [6.45, 7) is 11.3. The average molecular weight is 225 g/mol. The molecule has 0 unspecified atom stereocenters. The molecule has 3 nitrogen and oxygen atoms in total. The van der Waals surface area contributed by atoms with Crippen molar-refractivity contribution in [1.29, 1.82) is 0 Å². The minimum absolute atomic E-state index is 0.00944. The van der Waals surface area contributed by atoms with E-state index in [2.05, 4.69) is 0 Å². The molecule has 0 aromatic carbocycles. The molecular formula is C9H21O3Ti. The van der Waals surface area contributed by atoms with E-state index in [1.165, 1.54) is 0 Å². The molecule has 0 aliphatic heterocycles. The van der Waals surface area contributed by atoms with Gasteiger partial charge in [0.2, 0.25) is 0 Å². The van der Waals surface area contributed by atoms with Crippen molar-refractivity contribution in [2.75, 3.05) is 0 Å². The SMILES string of the molecule is CC(C)[O][Ti](=[O])([O]C(C)C)[CH](C)C. The van der Waals surface area contributed by atoms with Crippen LogP contribution in [0.5, 0.6) is 0 Å². The maximum absolute atomic E-state index is 12.2. The van der Waals surface area contributed by atoms with Gasteiger partial charge in [-0.2, -0.15) is 0 Å². The Labute approximate surface area is 85.4 Å². The Morgan fingerprint density at radius 1 is 0.846 bits per heavy atom. The monoisotopic (exact) mass is 225 g/mol. The van der Waals surface area contributed by atoms with E-state index in [4.69, 9.17) is 6.64 Å². The predicted octanol–water partition coefficient (Wildman–Crippen LogP) is 2.99. The van der Waals surface area contributed by atoms with E-state index in [9.17, 15) is 3.32 Å². The van der Waals surface area contributed by atoms with Crippen molar-refractivity contribution in [3.8, 4) is 0 Å². The molecule has 0 spiro atoms. The van der Waals surface area contributed by atoms with Gasteiger partial charge < -0.3 is 0 Å². The van der Waals surface area contributed by atoms with Gasteiger partial charge in [0.1, 0.15) is 0 Å². The molecule has 0 amide bonds. The Hall–Kier alpha value is 0.434. The molecule has 4 heteroatoms. The predicted molar refractivity (Wildman–Crippen MR) is 48.2 cm³/mol. The van der Waals surface area contributed by atoms with Gasteiger partial charge in [0.25, 0.3) is 0 Å². The second-order valence-electron chi connectivity index (χ2n) is 4.09. The van der Waals surface area contributed by atoms with E-state index in [1.807, 2.05) is 41.5 Å². The quantitative estimate of drug-likeness (QED) is 0.674. The first-order chi connectivity index (χ1) is 5.78. The summed E-state index contributed by atoms with van der Waals surface area (Å²) in [5, 5.41) is 0. The van der Waals surface area contributed by atoms with Crippen LogP contribution in [-0.4, -0.2) is 12.2 Å². The van der Waals surface area contributed by atoms with Crippen molar-refractivity contribution >= 4 is 0 Å². The molecule has 0 aromatic heterocycles. The molecule has 0 rings (SSSR count). The first-order valence-electron chi connectivity index (χ1n) is 4.84. The van der Waals surface area contributed by atoms with Crippen LogP contribution in [0.1, 0.15) is 41.5 Å². The van der Waals surface area contributed by atoms with E-state index in [-0.39, 0.29) is 16.4 Å². The molecule has 79 valence electrons. The number of hydrogen-bond donors (Lipinski definition) is 0. The zero-order valence-corrected chi connectivity index (χ0v) is 11.0. The molecule has 0 saturated heterocycles. The summed E-state index contributed by atoms with van der Waals surface area (Å²) in [4.78, 5) is 0. The molecule has 0 aromatic rings. The molecule has 0 N–H and O–H groups in total. The summed E-state index contributed by atoms with van der Waals surface area (Å²) < 4.78 is 23.0. The van der Waals surface area contributed by atoms with Crippen LogP contribution in [0.3, 0.4) is 0 Å². The molecule has 0 atom stereocenters. The van der Waals surface area contributed by atoms with Crippen LogP contribution in [0.25, 0.3) is 0 Å². The molecule has 0 aliphatic carbocycles. The van der Waals surface area contributed by atoms with Crippen molar-refractivity contribution in [3.05, 3.63) is 0 Å². The first-order valence-corrected chi connectivity index (χ1v) is 7.65. The van der Waals surface area contributed by atoms with Crippen molar-refractivity contribution < 1.29 is 27.3 Å². The summed E-state index contributed by atoms with van der Waals surface area (Å²) >= 11 is -3.73. The second-order valence-corrected chi connectivity index (χ2v) is 8.52. The summed E-state index contributed by atoms with van der Waals surface area (Å²) in [5.74, 6) is 0. The van der Waals surface area contributed by atoms with Crippen LogP contribution < -0.4 is 0 Å². The van der Waals surface area contributed by atoms with Gasteiger partial charge in [-0.25, -0.2) is 0 Å². The Bertz CT molecular complexity index is 173. The molecule has 0 fully saturated rings. The second kappa shape index (κ2) is 5.35. The zero-order chi connectivity index (χ0) is 10.6. The van der Waals surface area contributed by atoms with Gasteiger partial charge in [-0.15, -0.1) is 0 Å².